The van der Waals surface area contributed by atoms with Gasteiger partial charge in [0, 0.05) is 22.2 Å². The fraction of sp³-hybridized carbons (Fsp3) is 0.118. The number of benzene rings is 1. The number of nitrogens with zero attached hydrogens (tertiary/aromatic N) is 2. The Kier molecular flexibility index (Phi) is 6.94. The van der Waals surface area contributed by atoms with Crippen molar-refractivity contribution in [2.45, 2.75) is 6.54 Å². The standard InChI is InChI=1S/C9H7N3O2.C8H9Cl2N/c10-9-11-6(5-13)4-7(12-9)8-2-1-3-14-8;1-11-5-6-7(9)3-2-4-8(6)10/h1-5H,(H2,10,11,12);2-4,11H,5H2,1H3. The van der Waals surface area contributed by atoms with Crippen molar-refractivity contribution in [2.75, 3.05) is 12.8 Å². The summed E-state index contributed by atoms with van der Waals surface area (Å²) in [5, 5.41) is 4.43. The van der Waals surface area contributed by atoms with Gasteiger partial charge < -0.3 is 15.5 Å². The molecule has 0 aliphatic heterocycles. The number of rotatable bonds is 4. The number of carbonyl (C=O) groups is 1. The quantitative estimate of drug-likeness (QED) is 0.669. The Morgan fingerprint density at radius 2 is 1.92 bits per heavy atom. The van der Waals surface area contributed by atoms with Crippen LogP contribution in [0.2, 0.25) is 10.0 Å². The van der Waals surface area contributed by atoms with E-state index < -0.39 is 0 Å². The zero-order valence-electron chi connectivity index (χ0n) is 13.4. The van der Waals surface area contributed by atoms with Crippen LogP contribution < -0.4 is 11.1 Å². The van der Waals surface area contributed by atoms with E-state index in [9.17, 15) is 4.79 Å². The van der Waals surface area contributed by atoms with Crippen molar-refractivity contribution in [3.8, 4) is 11.5 Å². The molecule has 8 heteroatoms. The highest BCUT2D eigenvalue weighted by atomic mass is 35.5. The Morgan fingerprint density at radius 3 is 2.48 bits per heavy atom. The molecule has 130 valence electrons. The number of nitrogens with one attached hydrogen (secondary N) is 1. The van der Waals surface area contributed by atoms with Gasteiger partial charge in [-0.3, -0.25) is 4.79 Å². The van der Waals surface area contributed by atoms with E-state index in [-0.39, 0.29) is 11.6 Å². The molecule has 0 bridgehead atoms. The fourth-order valence-corrected chi connectivity index (χ4v) is 2.51. The van der Waals surface area contributed by atoms with Gasteiger partial charge in [-0.2, -0.15) is 0 Å². The number of halogens is 2. The summed E-state index contributed by atoms with van der Waals surface area (Å²) in [6.45, 7) is 0.707. The molecule has 2 heterocycles. The van der Waals surface area contributed by atoms with E-state index in [1.807, 2.05) is 25.2 Å². The molecular weight excluding hydrogens is 363 g/mol. The van der Waals surface area contributed by atoms with Crippen LogP contribution in [0.15, 0.2) is 47.1 Å². The van der Waals surface area contributed by atoms with Crippen LogP contribution in [0.3, 0.4) is 0 Å². The summed E-state index contributed by atoms with van der Waals surface area (Å²) < 4.78 is 5.11. The van der Waals surface area contributed by atoms with Crippen molar-refractivity contribution in [3.05, 3.63) is 64.0 Å². The molecule has 0 saturated heterocycles. The van der Waals surface area contributed by atoms with Gasteiger partial charge in [-0.15, -0.1) is 0 Å². The molecule has 0 atom stereocenters. The van der Waals surface area contributed by atoms with Gasteiger partial charge >= 0.3 is 0 Å². The van der Waals surface area contributed by atoms with Gasteiger partial charge in [-0.25, -0.2) is 9.97 Å². The van der Waals surface area contributed by atoms with Gasteiger partial charge in [0.25, 0.3) is 0 Å². The Bertz CT molecular complexity index is 818. The van der Waals surface area contributed by atoms with Crippen LogP contribution in [0.25, 0.3) is 11.5 Å². The molecule has 1 aromatic carbocycles. The van der Waals surface area contributed by atoms with Gasteiger partial charge in [-0.05, 0) is 37.4 Å². The molecule has 3 aromatic rings. The number of nitrogen functional groups attached to an aromatic ring is 1. The van der Waals surface area contributed by atoms with Crippen LogP contribution in [0, 0.1) is 0 Å². The molecule has 25 heavy (non-hydrogen) atoms. The first kappa shape index (κ1) is 18.9. The SMILES string of the molecule is CNCc1c(Cl)cccc1Cl.Nc1nc(C=O)cc(-c2ccco2)n1. The summed E-state index contributed by atoms with van der Waals surface area (Å²) in [7, 11) is 1.86. The first-order chi connectivity index (χ1) is 12.0. The largest absolute Gasteiger partial charge is 0.463 e. The summed E-state index contributed by atoms with van der Waals surface area (Å²) in [4.78, 5) is 18.2. The number of anilines is 1. The second kappa shape index (κ2) is 9.17. The maximum atomic E-state index is 10.5. The first-order valence-electron chi connectivity index (χ1n) is 7.26. The smallest absolute Gasteiger partial charge is 0.221 e. The zero-order valence-corrected chi connectivity index (χ0v) is 14.9. The molecule has 0 radical (unpaired) electrons. The normalized spacial score (nSPS) is 10.0. The highest BCUT2D eigenvalue weighted by molar-refractivity contribution is 6.35. The van der Waals surface area contributed by atoms with Gasteiger partial charge in [0.05, 0.1) is 6.26 Å². The summed E-state index contributed by atoms with van der Waals surface area (Å²) in [6.07, 6.45) is 2.14. The number of nitrogens with two attached hydrogens (primary N) is 1. The lowest BCUT2D eigenvalue weighted by molar-refractivity contribution is 0.111. The number of furan rings is 1. The van der Waals surface area contributed by atoms with Gasteiger partial charge in [0.1, 0.15) is 11.4 Å². The highest BCUT2D eigenvalue weighted by Crippen LogP contribution is 2.23. The minimum atomic E-state index is 0.0565. The van der Waals surface area contributed by atoms with Crippen LogP contribution in [0.5, 0.6) is 0 Å². The maximum Gasteiger partial charge on any atom is 0.221 e. The van der Waals surface area contributed by atoms with E-state index in [4.69, 9.17) is 33.4 Å². The number of hydrogen-bond acceptors (Lipinski definition) is 6. The molecule has 0 spiro atoms. The molecule has 0 saturated carbocycles. The van der Waals surface area contributed by atoms with E-state index in [0.717, 1.165) is 5.56 Å². The lowest BCUT2D eigenvalue weighted by atomic mass is 10.2. The van der Waals surface area contributed by atoms with Crippen molar-refractivity contribution in [3.63, 3.8) is 0 Å². The molecule has 0 aliphatic rings. The molecule has 2 aromatic heterocycles. The van der Waals surface area contributed by atoms with Crippen LogP contribution in [0.4, 0.5) is 5.95 Å². The molecule has 3 N–H and O–H groups in total. The Morgan fingerprint density at radius 1 is 1.20 bits per heavy atom. The Balaban J connectivity index is 0.000000186. The van der Waals surface area contributed by atoms with E-state index in [1.54, 1.807) is 12.1 Å². The lowest BCUT2D eigenvalue weighted by Crippen LogP contribution is -2.05. The highest BCUT2D eigenvalue weighted by Gasteiger charge is 2.06. The Hall–Kier alpha value is -2.41. The molecular formula is C17H16Cl2N4O2. The molecule has 0 unspecified atom stereocenters. The van der Waals surface area contributed by atoms with Crippen LogP contribution in [-0.2, 0) is 6.54 Å². The van der Waals surface area contributed by atoms with Gasteiger partial charge in [-0.1, -0.05) is 29.3 Å². The summed E-state index contributed by atoms with van der Waals surface area (Å²) in [6, 6.07) is 10.5. The van der Waals surface area contributed by atoms with E-state index in [0.29, 0.717) is 34.3 Å². The monoisotopic (exact) mass is 378 g/mol. The summed E-state index contributed by atoms with van der Waals surface area (Å²) >= 11 is 11.8. The topological polar surface area (TPSA) is 94.0 Å². The van der Waals surface area contributed by atoms with Crippen molar-refractivity contribution in [2.24, 2.45) is 0 Å². The van der Waals surface area contributed by atoms with Crippen molar-refractivity contribution in [1.29, 1.82) is 0 Å². The number of aldehydes is 1. The third kappa shape index (κ3) is 5.29. The zero-order chi connectivity index (χ0) is 18.2. The number of hydrogen-bond donors (Lipinski definition) is 2. The first-order valence-corrected chi connectivity index (χ1v) is 8.02. The van der Waals surface area contributed by atoms with Crippen molar-refractivity contribution in [1.82, 2.24) is 15.3 Å². The van der Waals surface area contributed by atoms with E-state index >= 15 is 0 Å². The van der Waals surface area contributed by atoms with Crippen LogP contribution >= 0.6 is 23.2 Å². The average molecular weight is 379 g/mol. The van der Waals surface area contributed by atoms with Crippen LogP contribution in [0.1, 0.15) is 16.1 Å². The Labute approximate surface area is 155 Å². The second-order valence-corrected chi connectivity index (χ2v) is 5.68. The molecule has 0 fully saturated rings. The van der Waals surface area contributed by atoms with E-state index in [2.05, 4.69) is 15.3 Å². The molecule has 6 nitrogen and oxygen atoms in total. The van der Waals surface area contributed by atoms with Crippen molar-refractivity contribution >= 4 is 35.4 Å². The van der Waals surface area contributed by atoms with Gasteiger partial charge in [0.2, 0.25) is 5.95 Å². The minimum absolute atomic E-state index is 0.0565. The van der Waals surface area contributed by atoms with E-state index in [1.165, 1.54) is 12.3 Å². The number of carbonyl (C=O) groups excluding carboxylic acids is 1. The lowest BCUT2D eigenvalue weighted by Gasteiger charge is -2.04. The summed E-state index contributed by atoms with van der Waals surface area (Å²) in [5.74, 6) is 0.614. The predicted octanol–water partition coefficient (Wildman–Crippen LogP) is 3.84. The maximum absolute atomic E-state index is 10.5. The molecule has 0 amide bonds. The third-order valence-electron chi connectivity index (χ3n) is 3.07. The van der Waals surface area contributed by atoms with Crippen molar-refractivity contribution < 1.29 is 9.21 Å². The average Bonchev–Trinajstić information content (AvgIpc) is 3.13. The van der Waals surface area contributed by atoms with Crippen LogP contribution in [-0.4, -0.2) is 23.3 Å². The molecule has 0 aliphatic carbocycles. The fourth-order valence-electron chi connectivity index (χ4n) is 1.97. The molecule has 3 rings (SSSR count). The third-order valence-corrected chi connectivity index (χ3v) is 3.78. The van der Waals surface area contributed by atoms with Gasteiger partial charge in [0.15, 0.2) is 12.0 Å². The predicted molar refractivity (Wildman–Crippen MR) is 98.8 cm³/mol. The minimum Gasteiger partial charge on any atom is -0.463 e. The second-order valence-electron chi connectivity index (χ2n) is 4.86. The summed E-state index contributed by atoms with van der Waals surface area (Å²) in [5.41, 5.74) is 7.12. The number of aromatic nitrogens is 2.